The molecule has 25 heavy (non-hydrogen) atoms. The first-order chi connectivity index (χ1) is 12.0. The van der Waals surface area contributed by atoms with Crippen LogP contribution in [0.3, 0.4) is 0 Å². The number of amides is 1. The third-order valence-electron chi connectivity index (χ3n) is 5.20. The second-order valence-electron chi connectivity index (χ2n) is 7.74. The highest BCUT2D eigenvalue weighted by atomic mass is 16.5. The molecule has 0 radical (unpaired) electrons. The van der Waals surface area contributed by atoms with Crippen LogP contribution in [-0.2, 0) is 9.53 Å². The average Bonchev–Trinajstić information content (AvgIpc) is 2.97. The van der Waals surface area contributed by atoms with Gasteiger partial charge in [0.05, 0.1) is 11.7 Å². The van der Waals surface area contributed by atoms with Crippen molar-refractivity contribution in [1.29, 1.82) is 0 Å². The second-order valence-corrected chi connectivity index (χ2v) is 7.74. The van der Waals surface area contributed by atoms with E-state index in [9.17, 15) is 4.79 Å². The molecule has 2 aliphatic heterocycles. The number of hydrogen-bond acceptors (Lipinski definition) is 4. The van der Waals surface area contributed by atoms with Gasteiger partial charge in [-0.25, -0.2) is 0 Å². The highest BCUT2D eigenvalue weighted by Crippen LogP contribution is 2.36. The zero-order valence-electron chi connectivity index (χ0n) is 15.7. The van der Waals surface area contributed by atoms with Crippen LogP contribution in [0.15, 0.2) is 24.3 Å². The molecule has 5 nitrogen and oxygen atoms in total. The summed E-state index contributed by atoms with van der Waals surface area (Å²) in [7, 11) is 4.16. The molecule has 0 aromatic heterocycles. The highest BCUT2D eigenvalue weighted by Gasteiger charge is 2.44. The highest BCUT2D eigenvalue weighted by molar-refractivity contribution is 5.78. The van der Waals surface area contributed by atoms with Gasteiger partial charge in [-0.05, 0) is 58.8 Å². The number of ether oxygens (including phenoxy) is 2. The predicted molar refractivity (Wildman–Crippen MR) is 97.9 cm³/mol. The number of likely N-dealkylation sites (tertiary alicyclic amines) is 1. The summed E-state index contributed by atoms with van der Waals surface area (Å²) in [6.45, 7) is 4.55. The first-order valence-corrected chi connectivity index (χ1v) is 9.26. The van der Waals surface area contributed by atoms with Gasteiger partial charge in [-0.15, -0.1) is 0 Å². The van der Waals surface area contributed by atoms with Crippen molar-refractivity contribution in [3.05, 3.63) is 29.8 Å². The van der Waals surface area contributed by atoms with Crippen molar-refractivity contribution in [2.75, 3.05) is 40.3 Å². The molecule has 0 saturated carbocycles. The van der Waals surface area contributed by atoms with Crippen LogP contribution in [0.1, 0.15) is 31.2 Å². The SMILES string of the molecule is Cc1ccc(OCC(=O)N2CC[C@@]3(CCC[C@@H](CN(C)C)O3)C2)cc1. The monoisotopic (exact) mass is 346 g/mol. The molecule has 2 atom stereocenters. The molecule has 3 rings (SSSR count). The Kier molecular flexibility index (Phi) is 5.64. The van der Waals surface area contributed by atoms with E-state index in [0.717, 1.165) is 38.1 Å². The molecule has 2 fully saturated rings. The van der Waals surface area contributed by atoms with Crippen LogP contribution in [0.5, 0.6) is 5.75 Å². The standard InChI is InChI=1S/C20H30N2O3/c1-16-6-8-17(9-7-16)24-14-19(23)22-12-11-20(15-22)10-4-5-18(25-20)13-21(2)3/h6-9,18H,4-5,10-15H2,1-3H3/t18-,20-/m0/s1. The lowest BCUT2D eigenvalue weighted by atomic mass is 9.90. The third kappa shape index (κ3) is 4.73. The molecule has 1 spiro atoms. The van der Waals surface area contributed by atoms with Gasteiger partial charge in [0.15, 0.2) is 6.61 Å². The molecule has 138 valence electrons. The Morgan fingerprint density at radius 1 is 1.32 bits per heavy atom. The normalized spacial score (nSPS) is 26.4. The second kappa shape index (κ2) is 7.75. The molecule has 1 aromatic carbocycles. The smallest absolute Gasteiger partial charge is 0.260 e. The van der Waals surface area contributed by atoms with Crippen molar-refractivity contribution >= 4 is 5.91 Å². The van der Waals surface area contributed by atoms with E-state index in [1.165, 1.54) is 12.0 Å². The zero-order valence-corrected chi connectivity index (χ0v) is 15.7. The summed E-state index contributed by atoms with van der Waals surface area (Å²) >= 11 is 0. The lowest BCUT2D eigenvalue weighted by Crippen LogP contribution is -2.47. The summed E-state index contributed by atoms with van der Waals surface area (Å²) in [5, 5.41) is 0. The van der Waals surface area contributed by atoms with Crippen molar-refractivity contribution in [3.63, 3.8) is 0 Å². The van der Waals surface area contributed by atoms with E-state index in [4.69, 9.17) is 9.47 Å². The number of nitrogens with zero attached hydrogens (tertiary/aromatic N) is 2. The van der Waals surface area contributed by atoms with Crippen LogP contribution in [0.25, 0.3) is 0 Å². The minimum atomic E-state index is -0.140. The number of aryl methyl sites for hydroxylation is 1. The number of carbonyl (C=O) groups is 1. The Labute approximate surface area is 150 Å². The molecule has 5 heteroatoms. The first kappa shape index (κ1) is 18.2. The van der Waals surface area contributed by atoms with Crippen molar-refractivity contribution in [2.45, 2.75) is 44.3 Å². The largest absolute Gasteiger partial charge is 0.484 e. The number of carbonyl (C=O) groups excluding carboxylic acids is 1. The van der Waals surface area contributed by atoms with Crippen LogP contribution in [0, 0.1) is 6.92 Å². The fraction of sp³-hybridized carbons (Fsp3) is 0.650. The van der Waals surface area contributed by atoms with Gasteiger partial charge in [-0.2, -0.15) is 0 Å². The van der Waals surface area contributed by atoms with E-state index < -0.39 is 0 Å². The maximum Gasteiger partial charge on any atom is 0.260 e. The number of rotatable bonds is 5. The summed E-state index contributed by atoms with van der Waals surface area (Å²) in [5.74, 6) is 0.795. The quantitative estimate of drug-likeness (QED) is 0.821. The topological polar surface area (TPSA) is 42.0 Å². The summed E-state index contributed by atoms with van der Waals surface area (Å²) in [5.41, 5.74) is 1.04. The van der Waals surface area contributed by atoms with Crippen molar-refractivity contribution < 1.29 is 14.3 Å². The van der Waals surface area contributed by atoms with Crippen molar-refractivity contribution in [1.82, 2.24) is 9.80 Å². The lowest BCUT2D eigenvalue weighted by Gasteiger charge is -2.39. The molecule has 2 heterocycles. The third-order valence-corrected chi connectivity index (χ3v) is 5.20. The van der Waals surface area contributed by atoms with E-state index in [0.29, 0.717) is 6.54 Å². The number of benzene rings is 1. The van der Waals surface area contributed by atoms with Gasteiger partial charge >= 0.3 is 0 Å². The summed E-state index contributed by atoms with van der Waals surface area (Å²) in [4.78, 5) is 16.6. The summed E-state index contributed by atoms with van der Waals surface area (Å²) in [6, 6.07) is 7.80. The van der Waals surface area contributed by atoms with Crippen molar-refractivity contribution in [3.8, 4) is 5.75 Å². The zero-order chi connectivity index (χ0) is 17.9. The molecule has 0 aliphatic carbocycles. The molecule has 2 saturated heterocycles. The predicted octanol–water partition coefficient (Wildman–Crippen LogP) is 2.48. The van der Waals surface area contributed by atoms with Gasteiger partial charge in [0.25, 0.3) is 5.91 Å². The number of likely N-dealkylation sites (N-methyl/N-ethyl adjacent to an activating group) is 1. The van der Waals surface area contributed by atoms with Gasteiger partial charge in [-0.3, -0.25) is 4.79 Å². The molecule has 2 aliphatic rings. The molecule has 0 bridgehead atoms. The van der Waals surface area contributed by atoms with Crippen LogP contribution in [-0.4, -0.2) is 67.7 Å². The van der Waals surface area contributed by atoms with E-state index in [2.05, 4.69) is 19.0 Å². The fourth-order valence-corrected chi connectivity index (χ4v) is 3.89. The Morgan fingerprint density at radius 3 is 2.80 bits per heavy atom. The van der Waals surface area contributed by atoms with Gasteiger partial charge in [-0.1, -0.05) is 17.7 Å². The van der Waals surface area contributed by atoms with Crippen LogP contribution in [0.2, 0.25) is 0 Å². The lowest BCUT2D eigenvalue weighted by molar-refractivity contribution is -0.141. The van der Waals surface area contributed by atoms with Crippen LogP contribution < -0.4 is 4.74 Å². The van der Waals surface area contributed by atoms with Crippen LogP contribution >= 0.6 is 0 Å². The maximum absolute atomic E-state index is 12.5. The molecular weight excluding hydrogens is 316 g/mol. The van der Waals surface area contributed by atoms with Gasteiger partial charge in [0, 0.05) is 19.6 Å². The minimum Gasteiger partial charge on any atom is -0.484 e. The first-order valence-electron chi connectivity index (χ1n) is 9.26. The Morgan fingerprint density at radius 2 is 2.08 bits per heavy atom. The van der Waals surface area contributed by atoms with E-state index >= 15 is 0 Å². The van der Waals surface area contributed by atoms with E-state index in [1.807, 2.05) is 36.1 Å². The van der Waals surface area contributed by atoms with Crippen molar-refractivity contribution in [2.24, 2.45) is 0 Å². The van der Waals surface area contributed by atoms with Gasteiger partial charge in [0.1, 0.15) is 5.75 Å². The summed E-state index contributed by atoms with van der Waals surface area (Å²) in [6.07, 6.45) is 4.57. The van der Waals surface area contributed by atoms with E-state index in [-0.39, 0.29) is 24.2 Å². The summed E-state index contributed by atoms with van der Waals surface area (Å²) < 4.78 is 12.1. The van der Waals surface area contributed by atoms with E-state index in [1.54, 1.807) is 0 Å². The fourth-order valence-electron chi connectivity index (χ4n) is 3.89. The molecule has 0 unspecified atom stereocenters. The molecular formula is C20H30N2O3. The van der Waals surface area contributed by atoms with Gasteiger partial charge in [0.2, 0.25) is 0 Å². The molecule has 1 aromatic rings. The average molecular weight is 346 g/mol. The molecule has 1 amide bonds. The van der Waals surface area contributed by atoms with Gasteiger partial charge < -0.3 is 19.3 Å². The Bertz CT molecular complexity index is 587. The molecule has 0 N–H and O–H groups in total. The minimum absolute atomic E-state index is 0.0517. The Hall–Kier alpha value is -1.59. The maximum atomic E-state index is 12.5. The Balaban J connectivity index is 1.51. The van der Waals surface area contributed by atoms with Crippen LogP contribution in [0.4, 0.5) is 0 Å². The number of hydrogen-bond donors (Lipinski definition) is 0.